The Balaban J connectivity index is 1.55. The number of benzene rings is 2. The molecule has 2 aromatic rings. The van der Waals surface area contributed by atoms with Gasteiger partial charge >= 0.3 is 23.9 Å². The quantitative estimate of drug-likeness (QED) is 0.113. The van der Waals surface area contributed by atoms with Crippen LogP contribution in [0.2, 0.25) is 30.1 Å². The van der Waals surface area contributed by atoms with Crippen LogP contribution in [0.5, 0.6) is 11.5 Å². The molecule has 4 rings (SSSR count). The molecular formula is C34H36Cl6O8. The normalized spacial score (nSPS) is 25.3. The molecule has 262 valence electrons. The van der Waals surface area contributed by atoms with Gasteiger partial charge in [0.25, 0.3) is 0 Å². The molecule has 0 amide bonds. The molecule has 0 heterocycles. The molecule has 0 aliphatic heterocycles. The topological polar surface area (TPSA) is 105 Å². The fourth-order valence-corrected chi connectivity index (χ4v) is 8.48. The summed E-state index contributed by atoms with van der Waals surface area (Å²) in [6, 6.07) is 2.26. The molecule has 2 saturated carbocycles. The highest BCUT2D eigenvalue weighted by Gasteiger charge is 2.52. The lowest BCUT2D eigenvalue weighted by molar-refractivity contribution is -0.156. The third kappa shape index (κ3) is 7.00. The predicted octanol–water partition coefficient (Wildman–Crippen LogP) is 10.3. The molecule has 8 nitrogen and oxygen atoms in total. The van der Waals surface area contributed by atoms with Crippen LogP contribution in [-0.2, 0) is 19.1 Å². The zero-order chi connectivity index (χ0) is 36.2. The largest absolute Gasteiger partial charge is 0.462 e. The fraction of sp³-hybridized carbons (Fsp3) is 0.529. The van der Waals surface area contributed by atoms with Crippen LogP contribution >= 0.6 is 69.6 Å². The molecule has 6 atom stereocenters. The van der Waals surface area contributed by atoms with Crippen LogP contribution in [0.3, 0.4) is 0 Å². The fourth-order valence-electron chi connectivity index (χ4n) is 7.04. The summed E-state index contributed by atoms with van der Waals surface area (Å²) in [6.45, 7) is 16.8. The lowest BCUT2D eigenvalue weighted by Crippen LogP contribution is -2.53. The first-order valence-electron chi connectivity index (χ1n) is 15.3. The van der Waals surface area contributed by atoms with E-state index in [1.54, 1.807) is 0 Å². The second kappa shape index (κ2) is 14.4. The van der Waals surface area contributed by atoms with Gasteiger partial charge in [0, 0.05) is 11.8 Å². The average Bonchev–Trinajstić information content (AvgIpc) is 3.01. The van der Waals surface area contributed by atoms with Crippen molar-refractivity contribution in [2.24, 2.45) is 46.3 Å². The number of esters is 4. The predicted molar refractivity (Wildman–Crippen MR) is 186 cm³/mol. The van der Waals surface area contributed by atoms with Crippen LogP contribution in [0.25, 0.3) is 0 Å². The monoisotopic (exact) mass is 782 g/mol. The summed E-state index contributed by atoms with van der Waals surface area (Å²) in [4.78, 5) is 52.7. The van der Waals surface area contributed by atoms with Crippen molar-refractivity contribution in [1.82, 2.24) is 0 Å². The van der Waals surface area contributed by atoms with Crippen molar-refractivity contribution in [3.05, 3.63) is 53.4 Å². The third-order valence-electron chi connectivity index (χ3n) is 11.1. The molecule has 6 unspecified atom stereocenters. The molecule has 0 bridgehead atoms. The Morgan fingerprint density at radius 1 is 0.583 bits per heavy atom. The smallest absolute Gasteiger partial charge is 0.423 e. The van der Waals surface area contributed by atoms with Gasteiger partial charge in [0.2, 0.25) is 0 Å². The Kier molecular flexibility index (Phi) is 11.6. The van der Waals surface area contributed by atoms with Crippen LogP contribution < -0.4 is 9.47 Å². The Labute approximate surface area is 309 Å². The van der Waals surface area contributed by atoms with Gasteiger partial charge in [0.05, 0.1) is 43.3 Å². The number of hydrogen-bond donors (Lipinski definition) is 0. The van der Waals surface area contributed by atoms with E-state index in [1.165, 1.54) is 0 Å². The summed E-state index contributed by atoms with van der Waals surface area (Å²) in [6.07, 6.45) is 0. The zero-order valence-corrected chi connectivity index (χ0v) is 32.1. The van der Waals surface area contributed by atoms with E-state index in [1.807, 2.05) is 0 Å². The van der Waals surface area contributed by atoms with Gasteiger partial charge in [-0.05, 0) is 46.6 Å². The molecule has 2 aromatic carbocycles. The summed E-state index contributed by atoms with van der Waals surface area (Å²) in [5.41, 5.74) is -1.10. The van der Waals surface area contributed by atoms with Crippen LogP contribution in [0.15, 0.2) is 12.1 Å². The second-order valence-electron chi connectivity index (χ2n) is 13.8. The van der Waals surface area contributed by atoms with E-state index in [2.05, 4.69) is 55.4 Å². The van der Waals surface area contributed by atoms with Crippen molar-refractivity contribution < 1.29 is 38.1 Å². The highest BCUT2D eigenvalue weighted by Crippen LogP contribution is 2.56. The van der Waals surface area contributed by atoms with Crippen molar-refractivity contribution in [2.45, 2.75) is 55.4 Å². The SMILES string of the molecule is CC1C(C)C(C)(C)C1COC(=O)c1c(Cl)c(Cl)cc(Cl)c1OC(=O)C(=O)Oc1c(Cl)cc(Cl)c(Cl)c1C(=O)OCC1C(C)C(C)C1(C)C. The number of ether oxygens (including phenoxy) is 4. The van der Waals surface area contributed by atoms with E-state index in [-0.39, 0.29) is 77.9 Å². The first-order valence-corrected chi connectivity index (χ1v) is 17.5. The van der Waals surface area contributed by atoms with Crippen molar-refractivity contribution in [3.8, 4) is 11.5 Å². The number of halogens is 6. The van der Waals surface area contributed by atoms with Gasteiger partial charge in [-0.2, -0.15) is 0 Å². The molecule has 0 spiro atoms. The Hall–Kier alpha value is -1.94. The summed E-state index contributed by atoms with van der Waals surface area (Å²) in [5.74, 6) is -4.93. The van der Waals surface area contributed by atoms with Gasteiger partial charge in [0.1, 0.15) is 11.1 Å². The second-order valence-corrected chi connectivity index (χ2v) is 16.2. The van der Waals surface area contributed by atoms with Gasteiger partial charge in [-0.15, -0.1) is 0 Å². The number of carbonyl (C=O) groups is 4. The minimum absolute atomic E-state index is 0.0508. The van der Waals surface area contributed by atoms with E-state index in [9.17, 15) is 19.2 Å². The molecule has 2 fully saturated rings. The first-order chi connectivity index (χ1) is 22.1. The maximum Gasteiger partial charge on any atom is 0.423 e. The van der Waals surface area contributed by atoms with Crippen LogP contribution in [0, 0.1) is 46.3 Å². The highest BCUT2D eigenvalue weighted by molar-refractivity contribution is 6.47. The molecule has 2 aliphatic rings. The van der Waals surface area contributed by atoms with Gasteiger partial charge < -0.3 is 18.9 Å². The molecule has 2 aliphatic carbocycles. The van der Waals surface area contributed by atoms with E-state index in [4.69, 9.17) is 88.6 Å². The Morgan fingerprint density at radius 2 is 0.896 bits per heavy atom. The average molecular weight is 785 g/mol. The van der Waals surface area contributed by atoms with Crippen molar-refractivity contribution >= 4 is 93.5 Å². The van der Waals surface area contributed by atoms with Crippen LogP contribution in [0.1, 0.15) is 76.1 Å². The van der Waals surface area contributed by atoms with Crippen molar-refractivity contribution in [1.29, 1.82) is 0 Å². The summed E-state index contributed by atoms with van der Waals surface area (Å²) >= 11 is 37.6. The lowest BCUT2D eigenvalue weighted by Gasteiger charge is -2.56. The lowest BCUT2D eigenvalue weighted by atomic mass is 9.50. The van der Waals surface area contributed by atoms with Gasteiger partial charge in [0.15, 0.2) is 11.5 Å². The summed E-state index contributed by atoms with van der Waals surface area (Å²) < 4.78 is 21.6. The Morgan fingerprint density at radius 3 is 1.19 bits per heavy atom. The van der Waals surface area contributed by atoms with Crippen molar-refractivity contribution in [3.63, 3.8) is 0 Å². The van der Waals surface area contributed by atoms with Crippen LogP contribution in [-0.4, -0.2) is 37.1 Å². The molecule has 0 radical (unpaired) electrons. The number of rotatable bonds is 8. The van der Waals surface area contributed by atoms with E-state index in [0.29, 0.717) is 11.8 Å². The maximum atomic E-state index is 13.3. The third-order valence-corrected chi connectivity index (χ3v) is 13.2. The van der Waals surface area contributed by atoms with Gasteiger partial charge in [-0.25, -0.2) is 19.2 Å². The van der Waals surface area contributed by atoms with E-state index < -0.39 is 46.5 Å². The Bertz CT molecular complexity index is 1550. The van der Waals surface area contributed by atoms with Gasteiger partial charge in [-0.3, -0.25) is 0 Å². The van der Waals surface area contributed by atoms with E-state index in [0.717, 1.165) is 12.1 Å². The summed E-state index contributed by atoms with van der Waals surface area (Å²) in [7, 11) is 0. The number of carbonyl (C=O) groups excluding carboxylic acids is 4. The van der Waals surface area contributed by atoms with Crippen LogP contribution in [0.4, 0.5) is 0 Å². The first kappa shape index (κ1) is 38.9. The minimum Gasteiger partial charge on any atom is -0.462 e. The molecule has 48 heavy (non-hydrogen) atoms. The molecule has 0 saturated heterocycles. The number of hydrogen-bond acceptors (Lipinski definition) is 8. The van der Waals surface area contributed by atoms with E-state index >= 15 is 0 Å². The molecule has 14 heteroatoms. The molecular weight excluding hydrogens is 749 g/mol. The van der Waals surface area contributed by atoms with Crippen molar-refractivity contribution in [2.75, 3.05) is 13.2 Å². The van der Waals surface area contributed by atoms with Gasteiger partial charge in [-0.1, -0.05) is 125 Å². The minimum atomic E-state index is -1.65. The highest BCUT2D eigenvalue weighted by atomic mass is 35.5. The molecule has 0 aromatic heterocycles. The summed E-state index contributed by atoms with van der Waals surface area (Å²) in [5, 5.41) is -1.51. The standard InChI is InChI=1S/C34H36Cl6O8/c1-13-15(3)33(5,6)17(13)11-45-29(41)23-25(39)19(35)9-21(37)27(23)47-31(43)32(44)48-28-22(38)10-20(36)26(40)24(28)30(42)46-12-18-14(2)16(4)34(18,7)8/h9-10,13-18H,11-12H2,1-8H3. The maximum absolute atomic E-state index is 13.3. The zero-order valence-electron chi connectivity index (χ0n) is 27.6. The molecule has 0 N–H and O–H groups in total.